The number of para-hydroxylation sites is 2. The van der Waals surface area contributed by atoms with E-state index >= 15 is 0 Å². The predicted octanol–water partition coefficient (Wildman–Crippen LogP) is 2.24. The topological polar surface area (TPSA) is 73.9 Å². The van der Waals surface area contributed by atoms with Gasteiger partial charge in [-0.2, -0.15) is 0 Å². The summed E-state index contributed by atoms with van der Waals surface area (Å²) >= 11 is 0. The molecule has 0 aromatic heterocycles. The van der Waals surface area contributed by atoms with Crippen molar-refractivity contribution in [3.63, 3.8) is 0 Å². The molecule has 1 N–H and O–H groups in total. The Hall–Kier alpha value is -3.02. The summed E-state index contributed by atoms with van der Waals surface area (Å²) in [6, 6.07) is 14.6. The van der Waals surface area contributed by atoms with E-state index in [1.54, 1.807) is 12.1 Å². The maximum atomic E-state index is 12.2. The van der Waals surface area contributed by atoms with E-state index in [1.165, 1.54) is 0 Å². The smallest absolute Gasteiger partial charge is 0.339 e. The van der Waals surface area contributed by atoms with Crippen LogP contribution in [0.5, 0.6) is 11.5 Å². The van der Waals surface area contributed by atoms with Crippen LogP contribution in [-0.4, -0.2) is 31.1 Å². The van der Waals surface area contributed by atoms with Crippen molar-refractivity contribution in [2.24, 2.45) is 0 Å². The first-order valence-corrected chi connectivity index (χ1v) is 8.16. The lowest BCUT2D eigenvalue weighted by molar-refractivity contribution is -0.123. The Morgan fingerprint density at radius 3 is 2.68 bits per heavy atom. The number of esters is 1. The lowest BCUT2D eigenvalue weighted by Gasteiger charge is -2.26. The van der Waals surface area contributed by atoms with Crippen LogP contribution in [0.2, 0.25) is 0 Å². The van der Waals surface area contributed by atoms with Crippen LogP contribution in [0.1, 0.15) is 28.4 Å². The highest BCUT2D eigenvalue weighted by Crippen LogP contribution is 2.33. The summed E-state index contributed by atoms with van der Waals surface area (Å²) in [5.41, 5.74) is 1.29. The fourth-order valence-corrected chi connectivity index (χ4v) is 3.00. The van der Waals surface area contributed by atoms with Gasteiger partial charge >= 0.3 is 5.97 Å². The third-order valence-corrected chi connectivity index (χ3v) is 4.24. The summed E-state index contributed by atoms with van der Waals surface area (Å²) in [5.74, 6) is 0.803. The predicted molar refractivity (Wildman–Crippen MR) is 88.6 cm³/mol. The molecule has 128 valence electrons. The van der Waals surface area contributed by atoms with Gasteiger partial charge in [-0.15, -0.1) is 0 Å². The van der Waals surface area contributed by atoms with Gasteiger partial charge in [-0.05, 0) is 18.2 Å². The number of rotatable bonds is 4. The molecule has 0 saturated heterocycles. The van der Waals surface area contributed by atoms with E-state index in [4.69, 9.17) is 14.2 Å². The molecule has 2 aliphatic rings. The van der Waals surface area contributed by atoms with Gasteiger partial charge in [-0.25, -0.2) is 4.79 Å². The quantitative estimate of drug-likeness (QED) is 0.865. The largest absolute Gasteiger partial charge is 0.486 e. The van der Waals surface area contributed by atoms with Crippen molar-refractivity contribution in [3.8, 4) is 11.5 Å². The second kappa shape index (κ2) is 6.47. The molecule has 0 spiro atoms. The highest BCUT2D eigenvalue weighted by atomic mass is 16.6. The van der Waals surface area contributed by atoms with E-state index in [-0.39, 0.29) is 24.4 Å². The zero-order chi connectivity index (χ0) is 17.2. The van der Waals surface area contributed by atoms with Crippen LogP contribution in [0.4, 0.5) is 0 Å². The number of hydrogen-bond donors (Lipinski definition) is 1. The second-order valence-corrected chi connectivity index (χ2v) is 5.99. The average Bonchev–Trinajstić information content (AvgIpc) is 2.96. The van der Waals surface area contributed by atoms with Gasteiger partial charge in [-0.1, -0.05) is 30.3 Å². The van der Waals surface area contributed by atoms with Gasteiger partial charge in [0.1, 0.15) is 18.8 Å². The van der Waals surface area contributed by atoms with Gasteiger partial charge in [0.2, 0.25) is 5.91 Å². The number of carbonyl (C=O) groups excluding carboxylic acids is 2. The highest BCUT2D eigenvalue weighted by Gasteiger charge is 2.32. The van der Waals surface area contributed by atoms with Crippen molar-refractivity contribution in [3.05, 3.63) is 59.7 Å². The Labute approximate surface area is 144 Å². The third-order valence-electron chi connectivity index (χ3n) is 4.24. The molecule has 1 amide bonds. The van der Waals surface area contributed by atoms with Crippen molar-refractivity contribution in [2.45, 2.75) is 18.6 Å². The standard InChI is InChI=1S/C19H17NO5/c21-18(9-17-13-5-1-2-6-14(13)19(22)25-17)20-10-12-11-23-15-7-3-4-8-16(15)24-12/h1-8,12,17H,9-11H2,(H,20,21)/t12-,17-/m1/s1. The molecule has 2 aromatic carbocycles. The number of ether oxygens (including phenoxy) is 3. The van der Waals surface area contributed by atoms with E-state index < -0.39 is 6.10 Å². The first-order valence-electron chi connectivity index (χ1n) is 8.16. The van der Waals surface area contributed by atoms with Gasteiger partial charge in [0.15, 0.2) is 11.5 Å². The lowest BCUT2D eigenvalue weighted by Crippen LogP contribution is -2.41. The second-order valence-electron chi connectivity index (χ2n) is 5.99. The van der Waals surface area contributed by atoms with Crippen LogP contribution in [0.3, 0.4) is 0 Å². The third kappa shape index (κ3) is 3.15. The molecular weight excluding hydrogens is 322 g/mol. The van der Waals surface area contributed by atoms with E-state index in [2.05, 4.69) is 5.32 Å². The Balaban J connectivity index is 1.31. The molecule has 2 heterocycles. The van der Waals surface area contributed by atoms with Crippen molar-refractivity contribution in [1.82, 2.24) is 5.32 Å². The minimum absolute atomic E-state index is 0.0902. The van der Waals surface area contributed by atoms with E-state index in [9.17, 15) is 9.59 Å². The Morgan fingerprint density at radius 1 is 1.04 bits per heavy atom. The van der Waals surface area contributed by atoms with Crippen molar-refractivity contribution in [2.75, 3.05) is 13.2 Å². The molecule has 4 rings (SSSR count). The van der Waals surface area contributed by atoms with Crippen molar-refractivity contribution < 1.29 is 23.8 Å². The number of amides is 1. The molecule has 0 bridgehead atoms. The summed E-state index contributed by atoms with van der Waals surface area (Å²) in [7, 11) is 0. The SMILES string of the molecule is O=C(C[C@H]1OC(=O)c2ccccc21)NC[C@@H]1COc2ccccc2O1. The monoisotopic (exact) mass is 339 g/mol. The molecule has 0 unspecified atom stereocenters. The first kappa shape index (κ1) is 15.5. The molecule has 0 radical (unpaired) electrons. The summed E-state index contributed by atoms with van der Waals surface area (Å²) in [5, 5.41) is 2.82. The fourth-order valence-electron chi connectivity index (χ4n) is 3.00. The number of fused-ring (bicyclic) bond motifs is 2. The summed E-state index contributed by atoms with van der Waals surface area (Å²) < 4.78 is 16.7. The highest BCUT2D eigenvalue weighted by molar-refractivity contribution is 5.94. The number of carbonyl (C=O) groups is 2. The molecule has 0 saturated carbocycles. The number of nitrogens with one attached hydrogen (secondary N) is 1. The maximum Gasteiger partial charge on any atom is 0.339 e. The van der Waals surface area contributed by atoms with Crippen LogP contribution in [-0.2, 0) is 9.53 Å². The fraction of sp³-hybridized carbons (Fsp3) is 0.263. The Bertz CT molecular complexity index is 819. The molecular formula is C19H17NO5. The van der Waals surface area contributed by atoms with Crippen LogP contribution in [0.15, 0.2) is 48.5 Å². The zero-order valence-electron chi connectivity index (χ0n) is 13.4. The van der Waals surface area contributed by atoms with Crippen LogP contribution in [0, 0.1) is 0 Å². The number of cyclic esters (lactones) is 1. The molecule has 6 nitrogen and oxygen atoms in total. The van der Waals surface area contributed by atoms with Gasteiger partial charge < -0.3 is 19.5 Å². The minimum atomic E-state index is -0.534. The molecule has 0 aliphatic carbocycles. The number of benzene rings is 2. The normalized spacial score (nSPS) is 20.6. The van der Waals surface area contributed by atoms with Crippen LogP contribution >= 0.6 is 0 Å². The first-order chi connectivity index (χ1) is 12.2. The van der Waals surface area contributed by atoms with Crippen molar-refractivity contribution in [1.29, 1.82) is 0 Å². The summed E-state index contributed by atoms with van der Waals surface area (Å²) in [4.78, 5) is 24.0. The van der Waals surface area contributed by atoms with E-state index in [0.29, 0.717) is 30.2 Å². The molecule has 0 fully saturated rings. The zero-order valence-corrected chi connectivity index (χ0v) is 13.4. The molecule has 25 heavy (non-hydrogen) atoms. The molecule has 2 aromatic rings. The lowest BCUT2D eigenvalue weighted by atomic mass is 10.0. The minimum Gasteiger partial charge on any atom is -0.486 e. The van der Waals surface area contributed by atoms with Crippen LogP contribution in [0.25, 0.3) is 0 Å². The van der Waals surface area contributed by atoms with Gasteiger partial charge in [-0.3, -0.25) is 4.79 Å². The Kier molecular flexibility index (Phi) is 4.01. The van der Waals surface area contributed by atoms with Crippen molar-refractivity contribution >= 4 is 11.9 Å². The molecule has 2 atom stereocenters. The average molecular weight is 339 g/mol. The maximum absolute atomic E-state index is 12.2. The van der Waals surface area contributed by atoms with E-state index in [1.807, 2.05) is 36.4 Å². The molecule has 2 aliphatic heterocycles. The van der Waals surface area contributed by atoms with Crippen LogP contribution < -0.4 is 14.8 Å². The molecule has 6 heteroatoms. The number of hydrogen-bond acceptors (Lipinski definition) is 5. The van der Waals surface area contributed by atoms with E-state index in [0.717, 1.165) is 5.56 Å². The summed E-state index contributed by atoms with van der Waals surface area (Å²) in [6.45, 7) is 0.702. The summed E-state index contributed by atoms with van der Waals surface area (Å²) in [6.07, 6.45) is -0.697. The Morgan fingerprint density at radius 2 is 1.80 bits per heavy atom. The van der Waals surface area contributed by atoms with Gasteiger partial charge in [0, 0.05) is 5.56 Å². The van der Waals surface area contributed by atoms with Gasteiger partial charge in [0.05, 0.1) is 18.5 Å². The van der Waals surface area contributed by atoms with Gasteiger partial charge in [0.25, 0.3) is 0 Å².